The van der Waals surface area contributed by atoms with Crippen LogP contribution in [0.2, 0.25) is 0 Å². The van der Waals surface area contributed by atoms with Gasteiger partial charge in [-0.2, -0.15) is 0 Å². The van der Waals surface area contributed by atoms with E-state index in [9.17, 15) is 14.7 Å². The first kappa shape index (κ1) is 13.3. The van der Waals surface area contributed by atoms with Gasteiger partial charge in [0.2, 0.25) is 5.79 Å². The highest BCUT2D eigenvalue weighted by atomic mass is 16.6. The Labute approximate surface area is 106 Å². The third kappa shape index (κ3) is 2.23. The van der Waals surface area contributed by atoms with E-state index >= 15 is 0 Å². The van der Waals surface area contributed by atoms with Crippen LogP contribution in [0.3, 0.4) is 0 Å². The van der Waals surface area contributed by atoms with Crippen molar-refractivity contribution in [1.29, 1.82) is 0 Å². The topological polar surface area (TPSA) is 83.8 Å². The smallest absolute Gasteiger partial charge is 0.306 e. The van der Waals surface area contributed by atoms with Gasteiger partial charge in [0.1, 0.15) is 0 Å². The molecule has 102 valence electrons. The normalized spacial score (nSPS) is 43.9. The number of carbonyl (C=O) groups excluding carboxylic acids is 1. The molecule has 0 saturated heterocycles. The summed E-state index contributed by atoms with van der Waals surface area (Å²) < 4.78 is 4.90. The van der Waals surface area contributed by atoms with Crippen molar-refractivity contribution in [2.75, 3.05) is 0 Å². The van der Waals surface area contributed by atoms with Gasteiger partial charge in [-0.1, -0.05) is 6.92 Å². The summed E-state index contributed by atoms with van der Waals surface area (Å²) in [6.45, 7) is 2.30. The molecule has 5 nitrogen and oxygen atoms in total. The molecule has 2 saturated carbocycles. The van der Waals surface area contributed by atoms with E-state index in [0.29, 0.717) is 19.3 Å². The molecule has 2 aliphatic carbocycles. The quantitative estimate of drug-likeness (QED) is 0.589. The molecule has 18 heavy (non-hydrogen) atoms. The average molecular weight is 256 g/mol. The fraction of sp³-hybridized carbons (Fsp3) is 0.846. The highest BCUT2D eigenvalue weighted by Gasteiger charge is 2.52. The highest BCUT2D eigenvalue weighted by Crippen LogP contribution is 2.50. The summed E-state index contributed by atoms with van der Waals surface area (Å²) >= 11 is 0. The third-order valence-corrected chi connectivity index (χ3v) is 4.70. The largest absolute Gasteiger partial charge is 0.481 e. The Kier molecular flexibility index (Phi) is 3.61. The standard InChI is InChI=1S/C13H20O5/c1-8-5-9(12(15)16)6-11-10(8)3-2-4-13(11,17)18-7-14/h7-11,17H,2-6H2,1H3,(H,15,16)/t8-,9?,10?,11?,13+/m0/s1. The molecule has 5 atom stereocenters. The van der Waals surface area contributed by atoms with E-state index in [1.54, 1.807) is 0 Å². The summed E-state index contributed by atoms with van der Waals surface area (Å²) in [6.07, 6.45) is 3.24. The molecule has 0 aromatic carbocycles. The molecule has 0 amide bonds. The Morgan fingerprint density at radius 2 is 2.17 bits per heavy atom. The van der Waals surface area contributed by atoms with Gasteiger partial charge >= 0.3 is 5.97 Å². The van der Waals surface area contributed by atoms with E-state index in [1.807, 2.05) is 6.92 Å². The summed E-state index contributed by atoms with van der Waals surface area (Å²) in [5.41, 5.74) is 0. The summed E-state index contributed by atoms with van der Waals surface area (Å²) in [5.74, 6) is -2.49. The number of hydrogen-bond donors (Lipinski definition) is 2. The number of rotatable bonds is 3. The van der Waals surface area contributed by atoms with Crippen LogP contribution in [-0.4, -0.2) is 28.4 Å². The zero-order valence-electron chi connectivity index (χ0n) is 10.5. The van der Waals surface area contributed by atoms with Crippen molar-refractivity contribution in [3.8, 4) is 0 Å². The van der Waals surface area contributed by atoms with Gasteiger partial charge in [0, 0.05) is 12.3 Å². The summed E-state index contributed by atoms with van der Waals surface area (Å²) in [4.78, 5) is 21.7. The van der Waals surface area contributed by atoms with Crippen molar-refractivity contribution in [2.24, 2.45) is 23.7 Å². The molecular weight excluding hydrogens is 236 g/mol. The Hall–Kier alpha value is -1.10. The molecule has 0 heterocycles. The Morgan fingerprint density at radius 1 is 1.44 bits per heavy atom. The maximum Gasteiger partial charge on any atom is 0.306 e. The number of aliphatic hydroxyl groups is 1. The molecule has 0 bridgehead atoms. The van der Waals surface area contributed by atoms with Crippen LogP contribution in [0.15, 0.2) is 0 Å². The number of carboxylic acids is 1. The van der Waals surface area contributed by atoms with E-state index in [0.717, 1.165) is 12.8 Å². The van der Waals surface area contributed by atoms with Crippen molar-refractivity contribution < 1.29 is 24.5 Å². The zero-order valence-corrected chi connectivity index (χ0v) is 10.5. The SMILES string of the molecule is C[C@H]1CC(C(=O)O)CC2C1CCC[C@@]2(O)OC=O. The van der Waals surface area contributed by atoms with E-state index in [2.05, 4.69) is 0 Å². The Morgan fingerprint density at radius 3 is 2.78 bits per heavy atom. The van der Waals surface area contributed by atoms with Crippen molar-refractivity contribution in [1.82, 2.24) is 0 Å². The molecule has 2 N–H and O–H groups in total. The third-order valence-electron chi connectivity index (χ3n) is 4.70. The molecule has 0 aromatic rings. The molecular formula is C13H20O5. The summed E-state index contributed by atoms with van der Waals surface area (Å²) in [5, 5.41) is 19.6. The second kappa shape index (κ2) is 4.88. The van der Waals surface area contributed by atoms with Crippen LogP contribution in [0.1, 0.15) is 39.0 Å². The van der Waals surface area contributed by atoms with Crippen LogP contribution < -0.4 is 0 Å². The molecule has 5 heteroatoms. The predicted octanol–water partition coefficient (Wildman–Crippen LogP) is 1.40. The maximum absolute atomic E-state index is 11.2. The van der Waals surface area contributed by atoms with Gasteiger partial charge in [-0.05, 0) is 37.5 Å². The first-order valence-electron chi connectivity index (χ1n) is 6.54. The van der Waals surface area contributed by atoms with Crippen LogP contribution in [0.5, 0.6) is 0 Å². The van der Waals surface area contributed by atoms with Crippen LogP contribution in [-0.2, 0) is 14.3 Å². The molecule has 0 radical (unpaired) electrons. The summed E-state index contributed by atoms with van der Waals surface area (Å²) in [7, 11) is 0. The lowest BCUT2D eigenvalue weighted by Crippen LogP contribution is -2.52. The molecule has 3 unspecified atom stereocenters. The van der Waals surface area contributed by atoms with Gasteiger partial charge in [-0.25, -0.2) is 0 Å². The molecule has 0 aliphatic heterocycles. The van der Waals surface area contributed by atoms with Crippen molar-refractivity contribution in [2.45, 2.75) is 44.8 Å². The number of fused-ring (bicyclic) bond motifs is 1. The van der Waals surface area contributed by atoms with Crippen LogP contribution >= 0.6 is 0 Å². The fourth-order valence-corrected chi connectivity index (χ4v) is 3.81. The van der Waals surface area contributed by atoms with Crippen LogP contribution in [0.25, 0.3) is 0 Å². The van der Waals surface area contributed by atoms with E-state index in [1.165, 1.54) is 0 Å². The van der Waals surface area contributed by atoms with E-state index in [-0.39, 0.29) is 24.2 Å². The van der Waals surface area contributed by atoms with Gasteiger partial charge in [0.25, 0.3) is 6.47 Å². The lowest BCUT2D eigenvalue weighted by atomic mass is 9.60. The van der Waals surface area contributed by atoms with Crippen molar-refractivity contribution >= 4 is 12.4 Å². The molecule has 0 aromatic heterocycles. The van der Waals surface area contributed by atoms with Crippen LogP contribution in [0, 0.1) is 23.7 Å². The fourth-order valence-electron chi connectivity index (χ4n) is 3.81. The maximum atomic E-state index is 11.2. The zero-order chi connectivity index (χ0) is 13.3. The second-order valence-electron chi connectivity index (χ2n) is 5.71. The predicted molar refractivity (Wildman–Crippen MR) is 62.5 cm³/mol. The van der Waals surface area contributed by atoms with E-state index in [4.69, 9.17) is 9.84 Å². The minimum atomic E-state index is -1.47. The minimum Gasteiger partial charge on any atom is -0.481 e. The average Bonchev–Trinajstić information content (AvgIpc) is 2.30. The lowest BCUT2D eigenvalue weighted by molar-refractivity contribution is -0.255. The molecule has 2 rings (SSSR count). The number of aliphatic carboxylic acids is 1. The Bertz CT molecular complexity index is 342. The van der Waals surface area contributed by atoms with Crippen LogP contribution in [0.4, 0.5) is 0 Å². The van der Waals surface area contributed by atoms with Gasteiger partial charge in [0.15, 0.2) is 0 Å². The van der Waals surface area contributed by atoms with Crippen molar-refractivity contribution in [3.05, 3.63) is 0 Å². The van der Waals surface area contributed by atoms with Gasteiger partial charge in [0.05, 0.1) is 5.92 Å². The van der Waals surface area contributed by atoms with Crippen molar-refractivity contribution in [3.63, 3.8) is 0 Å². The molecule has 0 spiro atoms. The molecule has 2 aliphatic rings. The summed E-state index contributed by atoms with van der Waals surface area (Å²) in [6, 6.07) is 0. The number of carboxylic acid groups (broad SMARTS) is 1. The van der Waals surface area contributed by atoms with Gasteiger partial charge in [-0.3, -0.25) is 9.59 Å². The highest BCUT2D eigenvalue weighted by molar-refractivity contribution is 5.70. The molecule has 2 fully saturated rings. The first-order valence-corrected chi connectivity index (χ1v) is 6.54. The first-order chi connectivity index (χ1) is 8.48. The number of hydrogen-bond acceptors (Lipinski definition) is 4. The number of ether oxygens (including phenoxy) is 1. The Balaban J connectivity index is 2.22. The van der Waals surface area contributed by atoms with E-state index < -0.39 is 17.7 Å². The lowest BCUT2D eigenvalue weighted by Gasteiger charge is -2.49. The number of carbonyl (C=O) groups is 2. The minimum absolute atomic E-state index is 0.243. The van der Waals surface area contributed by atoms with Gasteiger partial charge < -0.3 is 14.9 Å². The second-order valence-corrected chi connectivity index (χ2v) is 5.71. The van der Waals surface area contributed by atoms with Gasteiger partial charge in [-0.15, -0.1) is 0 Å². The monoisotopic (exact) mass is 256 g/mol.